The molecular weight excluding hydrogens is 526 g/mol. The smallest absolute Gasteiger partial charge is 0.276 e. The second-order valence-electron chi connectivity index (χ2n) is 6.78. The number of sulfonamides is 1. The number of nitrogens with zero attached hydrogens (tertiary/aromatic N) is 1. The topological polar surface area (TPSA) is 115 Å². The molecule has 3 aromatic rings. The van der Waals surface area contributed by atoms with E-state index in [1.54, 1.807) is 61.7 Å². The first kappa shape index (κ1) is 25.1. The monoisotopic (exact) mass is 547 g/mol. The molecule has 0 atom stereocenters. The summed E-state index contributed by atoms with van der Waals surface area (Å²) in [6.07, 6.45) is 1.33. The van der Waals surface area contributed by atoms with Crippen LogP contribution in [-0.2, 0) is 14.8 Å². The summed E-state index contributed by atoms with van der Waals surface area (Å²) in [7, 11) is -0.776. The van der Waals surface area contributed by atoms with E-state index in [9.17, 15) is 13.2 Å². The quantitative estimate of drug-likeness (QED) is 0.294. The fraction of sp³-hybridized carbons (Fsp3) is 0.130. The van der Waals surface area contributed by atoms with Gasteiger partial charge in [0.25, 0.3) is 15.9 Å². The third-order valence-electron chi connectivity index (χ3n) is 4.43. The molecule has 0 bridgehead atoms. The number of amides is 1. The van der Waals surface area contributed by atoms with E-state index >= 15 is 0 Å². The van der Waals surface area contributed by atoms with Gasteiger partial charge in [-0.2, -0.15) is 13.5 Å². The highest BCUT2D eigenvalue weighted by Crippen LogP contribution is 2.27. The Balaban J connectivity index is 1.58. The van der Waals surface area contributed by atoms with Gasteiger partial charge >= 0.3 is 0 Å². The van der Waals surface area contributed by atoms with Crippen molar-refractivity contribution in [2.45, 2.75) is 4.90 Å². The fourth-order valence-corrected chi connectivity index (χ4v) is 3.79. The molecule has 0 aliphatic heterocycles. The number of hydrogen-bond acceptors (Lipinski definition) is 7. The number of halogens is 1. The van der Waals surface area contributed by atoms with Crippen LogP contribution in [0.15, 0.2) is 81.2 Å². The molecule has 0 spiro atoms. The molecule has 0 fully saturated rings. The van der Waals surface area contributed by atoms with E-state index in [0.717, 1.165) is 4.47 Å². The van der Waals surface area contributed by atoms with Gasteiger partial charge in [-0.05, 0) is 72.3 Å². The Kier molecular flexibility index (Phi) is 8.50. The Hall–Kier alpha value is -3.57. The molecule has 0 aromatic heterocycles. The highest BCUT2D eigenvalue weighted by molar-refractivity contribution is 9.10. The molecule has 9 nitrogen and oxygen atoms in total. The maximum atomic E-state index is 12.3. The lowest BCUT2D eigenvalue weighted by Crippen LogP contribution is -2.20. The van der Waals surface area contributed by atoms with Crippen LogP contribution in [-0.4, -0.2) is 41.4 Å². The van der Waals surface area contributed by atoms with Crippen molar-refractivity contribution in [3.8, 4) is 17.2 Å². The van der Waals surface area contributed by atoms with Crippen LogP contribution < -0.4 is 24.4 Å². The van der Waals surface area contributed by atoms with E-state index in [1.807, 2.05) is 0 Å². The zero-order chi connectivity index (χ0) is 24.6. The lowest BCUT2D eigenvalue weighted by atomic mass is 10.2. The lowest BCUT2D eigenvalue weighted by molar-refractivity contribution is -0.118. The Labute approximate surface area is 205 Å². The van der Waals surface area contributed by atoms with Crippen molar-refractivity contribution in [2.75, 3.05) is 26.1 Å². The molecule has 1 amide bonds. The van der Waals surface area contributed by atoms with Crippen LogP contribution >= 0.6 is 15.9 Å². The maximum absolute atomic E-state index is 12.3. The molecule has 0 aliphatic carbocycles. The van der Waals surface area contributed by atoms with Gasteiger partial charge in [0.05, 0.1) is 25.3 Å². The van der Waals surface area contributed by atoms with E-state index in [0.29, 0.717) is 28.5 Å². The molecule has 0 saturated carbocycles. The average Bonchev–Trinajstić information content (AvgIpc) is 2.83. The summed E-state index contributed by atoms with van der Waals surface area (Å²) in [5, 5.41) is 6.53. The van der Waals surface area contributed by atoms with E-state index < -0.39 is 10.0 Å². The number of rotatable bonds is 10. The normalized spacial score (nSPS) is 11.1. The summed E-state index contributed by atoms with van der Waals surface area (Å²) in [4.78, 5) is 14.4. The van der Waals surface area contributed by atoms with Crippen LogP contribution in [0.3, 0.4) is 0 Å². The Morgan fingerprint density at radius 3 is 2.32 bits per heavy atom. The van der Waals surface area contributed by atoms with Crippen molar-refractivity contribution in [3.63, 3.8) is 0 Å². The van der Waals surface area contributed by atoms with Gasteiger partial charge in [0.15, 0.2) is 18.1 Å². The summed E-state index contributed by atoms with van der Waals surface area (Å²) in [5.41, 5.74) is 1.17. The first-order chi connectivity index (χ1) is 16.3. The van der Waals surface area contributed by atoms with Gasteiger partial charge in [-0.3, -0.25) is 4.79 Å². The van der Waals surface area contributed by atoms with E-state index in [-0.39, 0.29) is 17.4 Å². The predicted octanol–water partition coefficient (Wildman–Crippen LogP) is 3.80. The van der Waals surface area contributed by atoms with Gasteiger partial charge in [0.2, 0.25) is 0 Å². The van der Waals surface area contributed by atoms with Gasteiger partial charge in [-0.15, -0.1) is 0 Å². The summed E-state index contributed by atoms with van der Waals surface area (Å²) in [6, 6.07) is 17.9. The zero-order valence-corrected chi connectivity index (χ0v) is 20.7. The first-order valence-corrected chi connectivity index (χ1v) is 12.1. The zero-order valence-electron chi connectivity index (χ0n) is 18.3. The summed E-state index contributed by atoms with van der Waals surface area (Å²) in [5.74, 6) is 1.04. The van der Waals surface area contributed by atoms with Crippen LogP contribution in [0.25, 0.3) is 0 Å². The van der Waals surface area contributed by atoms with Crippen LogP contribution in [0.4, 0.5) is 5.69 Å². The fourth-order valence-electron chi connectivity index (χ4n) is 2.74. The number of nitrogens with one attached hydrogen (secondary N) is 2. The minimum absolute atomic E-state index is 0.0853. The molecule has 0 aliphatic rings. The Bertz CT molecular complexity index is 1260. The Morgan fingerprint density at radius 1 is 0.971 bits per heavy atom. The van der Waals surface area contributed by atoms with E-state index in [1.165, 1.54) is 25.5 Å². The number of hydrogen-bond donors (Lipinski definition) is 2. The van der Waals surface area contributed by atoms with Gasteiger partial charge in [0, 0.05) is 10.2 Å². The number of carbonyl (C=O) groups excluding carboxylic acids is 1. The van der Waals surface area contributed by atoms with Crippen molar-refractivity contribution >= 4 is 43.8 Å². The minimum Gasteiger partial charge on any atom is -0.497 e. The molecule has 0 saturated heterocycles. The standard InChI is InChI=1S/C23H22BrN3O6S/c1-31-19-8-6-18(7-9-19)26-23(28)15-33-21-12-3-16(13-22(21)32-2)14-25-27-34(29,30)20-10-4-17(24)5-11-20/h3-14,27H,15H2,1-2H3,(H,26,28). The van der Waals surface area contributed by atoms with E-state index in [2.05, 4.69) is 31.2 Å². The van der Waals surface area contributed by atoms with Gasteiger partial charge in [-0.25, -0.2) is 4.83 Å². The van der Waals surface area contributed by atoms with Crippen LogP contribution in [0, 0.1) is 0 Å². The summed E-state index contributed by atoms with van der Waals surface area (Å²) < 4.78 is 41.3. The largest absolute Gasteiger partial charge is 0.497 e. The van der Waals surface area contributed by atoms with Crippen LogP contribution in [0.1, 0.15) is 5.56 Å². The molecule has 3 aromatic carbocycles. The summed E-state index contributed by atoms with van der Waals surface area (Å²) in [6.45, 7) is -0.233. The van der Waals surface area contributed by atoms with Crippen LogP contribution in [0.5, 0.6) is 17.2 Å². The SMILES string of the molecule is COc1ccc(NC(=O)COc2ccc(C=NNS(=O)(=O)c3ccc(Br)cc3)cc2OC)cc1. The minimum atomic E-state index is -3.80. The van der Waals surface area contributed by atoms with Crippen molar-refractivity contribution < 1.29 is 27.4 Å². The molecule has 3 rings (SSSR count). The molecule has 0 unspecified atom stereocenters. The molecule has 11 heteroatoms. The third kappa shape index (κ3) is 6.96. The Morgan fingerprint density at radius 2 is 1.68 bits per heavy atom. The maximum Gasteiger partial charge on any atom is 0.276 e. The summed E-state index contributed by atoms with van der Waals surface area (Å²) >= 11 is 3.26. The average molecular weight is 548 g/mol. The molecule has 0 heterocycles. The van der Waals surface area contributed by atoms with Gasteiger partial charge in [-0.1, -0.05) is 15.9 Å². The molecule has 2 N–H and O–H groups in total. The number of hydrazone groups is 1. The van der Waals surface area contributed by atoms with E-state index in [4.69, 9.17) is 14.2 Å². The third-order valence-corrected chi connectivity index (χ3v) is 6.20. The van der Waals surface area contributed by atoms with Crippen molar-refractivity contribution in [3.05, 3.63) is 76.8 Å². The molecule has 34 heavy (non-hydrogen) atoms. The molecular formula is C23H22BrN3O6S. The van der Waals surface area contributed by atoms with Crippen LogP contribution in [0.2, 0.25) is 0 Å². The highest BCUT2D eigenvalue weighted by Gasteiger charge is 2.12. The second-order valence-corrected chi connectivity index (χ2v) is 9.36. The molecule has 0 radical (unpaired) electrons. The number of methoxy groups -OCH3 is 2. The van der Waals surface area contributed by atoms with Crippen molar-refractivity contribution in [2.24, 2.45) is 5.10 Å². The molecule has 178 valence electrons. The van der Waals surface area contributed by atoms with Crippen molar-refractivity contribution in [1.29, 1.82) is 0 Å². The highest BCUT2D eigenvalue weighted by atomic mass is 79.9. The number of benzene rings is 3. The number of carbonyl (C=O) groups is 1. The predicted molar refractivity (Wildman–Crippen MR) is 132 cm³/mol. The number of ether oxygens (including phenoxy) is 3. The number of anilines is 1. The lowest BCUT2D eigenvalue weighted by Gasteiger charge is -2.11. The van der Waals surface area contributed by atoms with Gasteiger partial charge < -0.3 is 19.5 Å². The van der Waals surface area contributed by atoms with Crippen molar-refractivity contribution in [1.82, 2.24) is 4.83 Å². The second kappa shape index (κ2) is 11.5. The first-order valence-electron chi connectivity index (χ1n) is 9.86. The van der Waals surface area contributed by atoms with Gasteiger partial charge in [0.1, 0.15) is 5.75 Å².